The van der Waals surface area contributed by atoms with Crippen LogP contribution in [0.1, 0.15) is 24.8 Å². The SMILES string of the molecule is ClC(Cl)(Cl)C1CC=C(c2cccc3ccccc23)C2(CC2)O1. The van der Waals surface area contributed by atoms with E-state index in [9.17, 15) is 0 Å². The highest BCUT2D eigenvalue weighted by Gasteiger charge is 2.54. The van der Waals surface area contributed by atoms with Crippen molar-refractivity contribution >= 4 is 51.1 Å². The van der Waals surface area contributed by atoms with Gasteiger partial charge in [-0.2, -0.15) is 0 Å². The molecule has 4 heteroatoms. The Kier molecular flexibility index (Phi) is 3.47. The third-order valence-electron chi connectivity index (χ3n) is 4.54. The number of benzene rings is 2. The monoisotopic (exact) mass is 352 g/mol. The quantitative estimate of drug-likeness (QED) is 0.579. The van der Waals surface area contributed by atoms with E-state index in [1.54, 1.807) is 0 Å². The molecule has 1 aliphatic heterocycles. The lowest BCUT2D eigenvalue weighted by atomic mass is 9.90. The fraction of sp³-hybridized carbons (Fsp3) is 0.333. The van der Waals surface area contributed by atoms with E-state index in [2.05, 4.69) is 48.5 Å². The molecule has 1 unspecified atom stereocenters. The molecule has 2 aromatic rings. The molecule has 0 saturated heterocycles. The van der Waals surface area contributed by atoms with E-state index in [4.69, 9.17) is 39.5 Å². The maximum absolute atomic E-state index is 6.20. The van der Waals surface area contributed by atoms with Crippen molar-refractivity contribution in [1.82, 2.24) is 0 Å². The smallest absolute Gasteiger partial charge is 0.216 e. The third-order valence-corrected chi connectivity index (χ3v) is 5.27. The average Bonchev–Trinajstić information content (AvgIpc) is 3.26. The van der Waals surface area contributed by atoms with Crippen molar-refractivity contribution in [3.63, 3.8) is 0 Å². The lowest BCUT2D eigenvalue weighted by Crippen LogP contribution is -2.37. The van der Waals surface area contributed by atoms with Crippen LogP contribution >= 0.6 is 34.8 Å². The number of fused-ring (bicyclic) bond motifs is 1. The van der Waals surface area contributed by atoms with E-state index >= 15 is 0 Å². The second kappa shape index (κ2) is 5.14. The molecule has 2 aromatic carbocycles. The van der Waals surface area contributed by atoms with Gasteiger partial charge < -0.3 is 4.74 Å². The number of alkyl halides is 3. The fourth-order valence-electron chi connectivity index (χ4n) is 3.31. The van der Waals surface area contributed by atoms with Crippen LogP contribution in [0.25, 0.3) is 16.3 Å². The van der Waals surface area contributed by atoms with Gasteiger partial charge in [0.2, 0.25) is 3.79 Å². The van der Waals surface area contributed by atoms with E-state index in [-0.39, 0.29) is 11.7 Å². The molecule has 1 nitrogen and oxygen atoms in total. The average molecular weight is 354 g/mol. The molecule has 0 radical (unpaired) electrons. The zero-order valence-electron chi connectivity index (χ0n) is 11.9. The first-order chi connectivity index (χ1) is 10.5. The molecule has 1 spiro atoms. The number of hydrogen-bond donors (Lipinski definition) is 0. The van der Waals surface area contributed by atoms with Crippen LogP contribution in [0.5, 0.6) is 0 Å². The Balaban J connectivity index is 1.81. The normalized spacial score (nSPS) is 23.6. The van der Waals surface area contributed by atoms with Crippen molar-refractivity contribution < 1.29 is 4.74 Å². The topological polar surface area (TPSA) is 9.23 Å². The van der Waals surface area contributed by atoms with Crippen LogP contribution < -0.4 is 0 Å². The summed E-state index contributed by atoms with van der Waals surface area (Å²) in [7, 11) is 0. The molecule has 1 aliphatic carbocycles. The number of halogens is 3. The van der Waals surface area contributed by atoms with Gasteiger partial charge in [-0.25, -0.2) is 0 Å². The minimum Gasteiger partial charge on any atom is -0.362 e. The second-order valence-corrected chi connectivity index (χ2v) is 8.39. The Hall–Kier alpha value is -0.730. The van der Waals surface area contributed by atoms with Gasteiger partial charge in [-0.3, -0.25) is 0 Å². The highest BCUT2D eigenvalue weighted by atomic mass is 35.6. The van der Waals surface area contributed by atoms with Crippen molar-refractivity contribution in [3.8, 4) is 0 Å². The molecule has 0 N–H and O–H groups in total. The summed E-state index contributed by atoms with van der Waals surface area (Å²) in [6, 6.07) is 14.8. The van der Waals surface area contributed by atoms with Gasteiger partial charge in [0.1, 0.15) is 6.10 Å². The highest BCUT2D eigenvalue weighted by molar-refractivity contribution is 6.68. The first kappa shape index (κ1) is 14.8. The molecule has 114 valence electrons. The third kappa shape index (κ3) is 2.45. The van der Waals surface area contributed by atoms with E-state index < -0.39 is 3.79 Å². The lowest BCUT2D eigenvalue weighted by Gasteiger charge is -2.35. The first-order valence-corrected chi connectivity index (χ1v) is 8.56. The summed E-state index contributed by atoms with van der Waals surface area (Å²) in [5.74, 6) is 0. The van der Waals surface area contributed by atoms with E-state index in [0.717, 1.165) is 12.8 Å². The van der Waals surface area contributed by atoms with Gasteiger partial charge in [0.25, 0.3) is 0 Å². The Morgan fingerprint density at radius 2 is 1.73 bits per heavy atom. The summed E-state index contributed by atoms with van der Waals surface area (Å²) in [5, 5.41) is 2.48. The van der Waals surface area contributed by atoms with Crippen molar-refractivity contribution in [3.05, 3.63) is 54.1 Å². The minimum atomic E-state index is -1.38. The van der Waals surface area contributed by atoms with Crippen LogP contribution in [0, 0.1) is 0 Å². The Morgan fingerprint density at radius 1 is 1.00 bits per heavy atom. The standard InChI is InChI=1S/C18H15Cl3O/c19-18(20,21)16-9-8-15(17(22-16)10-11-17)14-7-3-5-12-4-1-2-6-13(12)14/h1-8,16H,9-11H2. The molecule has 0 amide bonds. The van der Waals surface area contributed by atoms with Gasteiger partial charge in [0.15, 0.2) is 0 Å². The van der Waals surface area contributed by atoms with E-state index in [1.165, 1.54) is 21.9 Å². The van der Waals surface area contributed by atoms with Crippen molar-refractivity contribution in [1.29, 1.82) is 0 Å². The molecule has 1 atom stereocenters. The van der Waals surface area contributed by atoms with Gasteiger partial charge in [-0.05, 0) is 41.2 Å². The summed E-state index contributed by atoms with van der Waals surface area (Å²) >= 11 is 18.1. The maximum atomic E-state index is 6.20. The van der Waals surface area contributed by atoms with Gasteiger partial charge >= 0.3 is 0 Å². The van der Waals surface area contributed by atoms with Crippen molar-refractivity contribution in [2.24, 2.45) is 0 Å². The Bertz CT molecular complexity index is 751. The molecule has 1 heterocycles. The van der Waals surface area contributed by atoms with E-state index in [0.29, 0.717) is 6.42 Å². The molecule has 4 rings (SSSR count). The van der Waals surface area contributed by atoms with Gasteiger partial charge in [-0.15, -0.1) is 0 Å². The van der Waals surface area contributed by atoms with Gasteiger partial charge in [0.05, 0.1) is 5.60 Å². The number of rotatable bonds is 1. The molecule has 1 fully saturated rings. The molecule has 0 aromatic heterocycles. The van der Waals surface area contributed by atoms with Gasteiger partial charge in [-0.1, -0.05) is 83.3 Å². The minimum absolute atomic E-state index is 0.267. The molecular weight excluding hydrogens is 339 g/mol. The van der Waals surface area contributed by atoms with Gasteiger partial charge in [0, 0.05) is 0 Å². The molecule has 0 bridgehead atoms. The molecular formula is C18H15Cl3O. The summed E-state index contributed by atoms with van der Waals surface area (Å²) in [4.78, 5) is 0. The molecule has 1 saturated carbocycles. The highest BCUT2D eigenvalue weighted by Crippen LogP contribution is 2.56. The van der Waals surface area contributed by atoms with Crippen LogP contribution in [0.2, 0.25) is 0 Å². The van der Waals surface area contributed by atoms with Crippen LogP contribution in [0.15, 0.2) is 48.5 Å². The number of ether oxygens (including phenoxy) is 1. The van der Waals surface area contributed by atoms with Crippen LogP contribution in [0.4, 0.5) is 0 Å². The predicted octanol–water partition coefficient (Wildman–Crippen LogP) is 5.91. The largest absolute Gasteiger partial charge is 0.362 e. The zero-order valence-corrected chi connectivity index (χ0v) is 14.1. The Morgan fingerprint density at radius 3 is 2.45 bits per heavy atom. The molecule has 2 aliphatic rings. The summed E-state index contributed by atoms with van der Waals surface area (Å²) in [5.41, 5.74) is 2.21. The van der Waals surface area contributed by atoms with E-state index in [1.807, 2.05) is 0 Å². The van der Waals surface area contributed by atoms with Crippen LogP contribution in [-0.4, -0.2) is 15.5 Å². The maximum Gasteiger partial charge on any atom is 0.216 e. The van der Waals surface area contributed by atoms with Crippen molar-refractivity contribution in [2.45, 2.75) is 34.8 Å². The van der Waals surface area contributed by atoms with Crippen molar-refractivity contribution in [2.75, 3.05) is 0 Å². The summed E-state index contributed by atoms with van der Waals surface area (Å²) in [6.07, 6.45) is 4.42. The summed E-state index contributed by atoms with van der Waals surface area (Å²) in [6.45, 7) is 0. The Labute approximate surface area is 144 Å². The summed E-state index contributed by atoms with van der Waals surface area (Å²) < 4.78 is 4.82. The fourth-order valence-corrected chi connectivity index (χ4v) is 3.71. The zero-order chi connectivity index (χ0) is 15.4. The van der Waals surface area contributed by atoms with Crippen LogP contribution in [0.3, 0.4) is 0 Å². The predicted molar refractivity (Wildman–Crippen MR) is 93.7 cm³/mol. The molecule has 22 heavy (non-hydrogen) atoms. The number of hydrogen-bond acceptors (Lipinski definition) is 1. The first-order valence-electron chi connectivity index (χ1n) is 7.43. The lowest BCUT2D eigenvalue weighted by molar-refractivity contribution is -0.000494. The second-order valence-electron chi connectivity index (χ2n) is 6.02. The van der Waals surface area contributed by atoms with Crippen LogP contribution in [-0.2, 0) is 4.74 Å².